The van der Waals surface area contributed by atoms with Gasteiger partial charge in [-0.2, -0.15) is 0 Å². The molecule has 0 aliphatic heterocycles. The summed E-state index contributed by atoms with van der Waals surface area (Å²) in [6.07, 6.45) is 3.23. The van der Waals surface area contributed by atoms with Crippen LogP contribution in [0, 0.1) is 0 Å². The van der Waals surface area contributed by atoms with Crippen molar-refractivity contribution >= 4 is 20.0 Å². The van der Waals surface area contributed by atoms with Crippen LogP contribution in [0.15, 0.2) is 0 Å². The van der Waals surface area contributed by atoms with Crippen molar-refractivity contribution < 1.29 is 9.90 Å². The summed E-state index contributed by atoms with van der Waals surface area (Å²) in [4.78, 5) is 9.90. The van der Waals surface area contributed by atoms with Gasteiger partial charge in [0.05, 0.1) is 0 Å². The van der Waals surface area contributed by atoms with E-state index in [2.05, 4.69) is 6.92 Å². The minimum Gasteiger partial charge on any atom is -0.478 e. The van der Waals surface area contributed by atoms with Gasteiger partial charge in [0.25, 0.3) is 0 Å². The van der Waals surface area contributed by atoms with Gasteiger partial charge in [-0.3, -0.25) is 0 Å². The molecule has 2 nitrogen and oxygen atoms in total. The van der Waals surface area contributed by atoms with Crippen LogP contribution in [-0.4, -0.2) is 23.0 Å². The Morgan fingerprint density at radius 3 is 2.89 bits per heavy atom. The van der Waals surface area contributed by atoms with E-state index in [1.807, 2.05) is 0 Å². The maximum absolute atomic E-state index is 9.90. The lowest BCUT2D eigenvalue weighted by atomic mass is 10.4. The molecule has 0 aromatic rings. The largest absolute Gasteiger partial charge is 0.478 e. The van der Waals surface area contributed by atoms with Crippen LogP contribution in [0.5, 0.6) is 0 Å². The number of unbranched alkanes of at least 4 members (excludes halogenated alkanes) is 1. The first kappa shape index (κ1) is 8.64. The Morgan fingerprint density at radius 2 is 2.44 bits per heavy atom. The van der Waals surface area contributed by atoms with Crippen molar-refractivity contribution in [3.63, 3.8) is 0 Å². The molecule has 0 heterocycles. The molecule has 1 N–H and O–H groups in total. The first-order valence-electron chi connectivity index (χ1n) is 3.00. The predicted octanol–water partition coefficient (Wildman–Crippen LogP) is 1.62. The summed E-state index contributed by atoms with van der Waals surface area (Å²) in [6, 6.07) is 0. The second-order valence-corrected chi connectivity index (χ2v) is 2.80. The van der Waals surface area contributed by atoms with Crippen molar-refractivity contribution in [3.05, 3.63) is 0 Å². The van der Waals surface area contributed by atoms with Gasteiger partial charge in [-0.15, -0.1) is 0 Å². The molecule has 0 amide bonds. The Labute approximate surface area is 56.7 Å². The Hall–Kier alpha value is -0.360. The zero-order valence-corrected chi connectivity index (χ0v) is 6.40. The molecule has 0 saturated heterocycles. The maximum Gasteiger partial charge on any atom is 0.332 e. The molecule has 0 rings (SSSR count). The molecule has 0 aromatic carbocycles. The van der Waals surface area contributed by atoms with E-state index in [0.29, 0.717) is 0 Å². The van der Waals surface area contributed by atoms with E-state index < -0.39 is 5.97 Å². The summed E-state index contributed by atoms with van der Waals surface area (Å²) in [5.41, 5.74) is 0. The molecule has 0 aliphatic rings. The monoisotopic (exact) mass is 146 g/mol. The van der Waals surface area contributed by atoms with Crippen LogP contribution in [0.1, 0.15) is 19.8 Å². The van der Waals surface area contributed by atoms with Gasteiger partial charge in [0.15, 0.2) is 0 Å². The van der Waals surface area contributed by atoms with Crippen molar-refractivity contribution in [2.24, 2.45) is 0 Å². The van der Waals surface area contributed by atoms with Gasteiger partial charge >= 0.3 is 5.97 Å². The highest BCUT2D eigenvalue weighted by Crippen LogP contribution is 1.98. The van der Waals surface area contributed by atoms with Gasteiger partial charge in [0.1, 0.15) is 0 Å². The number of carboxylic acids is 1. The Bertz CT molecular complexity index is 110. The SMILES string of the molecule is CCCC/P=C/C(=O)O. The number of carbonyl (C=O) groups is 1. The third-order valence-electron chi connectivity index (χ3n) is 0.842. The topological polar surface area (TPSA) is 37.3 Å². The second kappa shape index (κ2) is 5.77. The number of hydrogen-bond donors (Lipinski definition) is 1. The quantitative estimate of drug-likeness (QED) is 0.483. The van der Waals surface area contributed by atoms with Crippen molar-refractivity contribution in [3.8, 4) is 0 Å². The molecule has 0 aromatic heterocycles. The van der Waals surface area contributed by atoms with Gasteiger partial charge in [-0.25, -0.2) is 4.79 Å². The third-order valence-corrected chi connectivity index (χ3v) is 1.82. The lowest BCUT2D eigenvalue weighted by Crippen LogP contribution is -1.91. The maximum atomic E-state index is 9.90. The zero-order valence-electron chi connectivity index (χ0n) is 5.50. The van der Waals surface area contributed by atoms with Crippen molar-refractivity contribution in [1.82, 2.24) is 0 Å². The van der Waals surface area contributed by atoms with E-state index in [4.69, 9.17) is 5.11 Å². The zero-order chi connectivity index (χ0) is 7.11. The smallest absolute Gasteiger partial charge is 0.332 e. The fraction of sp³-hybridized carbons (Fsp3) is 0.667. The molecule has 9 heavy (non-hydrogen) atoms. The first-order chi connectivity index (χ1) is 4.27. The van der Waals surface area contributed by atoms with Crippen molar-refractivity contribution in [2.45, 2.75) is 19.8 Å². The minimum atomic E-state index is -0.812. The summed E-state index contributed by atoms with van der Waals surface area (Å²) < 4.78 is 0. The number of rotatable bonds is 4. The van der Waals surface area contributed by atoms with E-state index in [0.717, 1.165) is 27.2 Å². The number of hydrogen-bond acceptors (Lipinski definition) is 1. The summed E-state index contributed by atoms with van der Waals surface area (Å²) in [6.45, 7) is 2.09. The van der Waals surface area contributed by atoms with Crippen LogP contribution in [0.2, 0.25) is 0 Å². The minimum absolute atomic E-state index is 0.812. The molecule has 3 heteroatoms. The Kier molecular flexibility index (Phi) is 5.54. The van der Waals surface area contributed by atoms with Gasteiger partial charge in [-0.05, 0) is 12.6 Å². The summed E-state index contributed by atoms with van der Waals surface area (Å²) >= 11 is 0. The standard InChI is InChI=1S/C6H11O2P/c1-2-3-4-9-5-6(7)8/h5H,2-4H2,1H3,(H,7,8). The number of carboxylic acid groups (broad SMARTS) is 1. The van der Waals surface area contributed by atoms with Gasteiger partial charge in [-0.1, -0.05) is 21.5 Å². The summed E-state index contributed by atoms with van der Waals surface area (Å²) in [5, 5.41) is 8.15. The van der Waals surface area contributed by atoms with E-state index in [-0.39, 0.29) is 0 Å². The van der Waals surface area contributed by atoms with Crippen molar-refractivity contribution in [1.29, 1.82) is 0 Å². The third kappa shape index (κ3) is 7.64. The highest BCUT2D eigenvalue weighted by atomic mass is 31.1. The fourth-order valence-electron chi connectivity index (χ4n) is 0.392. The lowest BCUT2D eigenvalue weighted by molar-refractivity contribution is -0.128. The van der Waals surface area contributed by atoms with E-state index in [9.17, 15) is 4.79 Å². The van der Waals surface area contributed by atoms with E-state index in [1.165, 1.54) is 5.80 Å². The van der Waals surface area contributed by atoms with Gasteiger partial charge in [0, 0.05) is 5.80 Å². The molecule has 0 aliphatic carbocycles. The van der Waals surface area contributed by atoms with Crippen LogP contribution >= 0.6 is 8.20 Å². The predicted molar refractivity (Wildman–Crippen MR) is 40.4 cm³/mol. The van der Waals surface area contributed by atoms with Crippen LogP contribution in [0.4, 0.5) is 0 Å². The first-order valence-corrected chi connectivity index (χ1v) is 4.15. The molecule has 0 atom stereocenters. The normalized spacial score (nSPS) is 10.3. The molecule has 0 radical (unpaired) electrons. The average Bonchev–Trinajstić information content (AvgIpc) is 1.80. The summed E-state index contributed by atoms with van der Waals surface area (Å²) in [7, 11) is 0.928. The van der Waals surface area contributed by atoms with Crippen LogP contribution in [0.25, 0.3) is 0 Å². The molecule has 0 unspecified atom stereocenters. The average molecular weight is 146 g/mol. The molecule has 0 spiro atoms. The second-order valence-electron chi connectivity index (χ2n) is 1.73. The molecule has 52 valence electrons. The Balaban J connectivity index is 3.15. The molecule has 0 bridgehead atoms. The molecular weight excluding hydrogens is 135 g/mol. The van der Waals surface area contributed by atoms with Gasteiger partial charge in [0.2, 0.25) is 0 Å². The molecule has 0 saturated carbocycles. The highest BCUT2D eigenvalue weighted by molar-refractivity contribution is 7.40. The van der Waals surface area contributed by atoms with Crippen LogP contribution < -0.4 is 0 Å². The van der Waals surface area contributed by atoms with Crippen LogP contribution in [0.3, 0.4) is 0 Å². The van der Waals surface area contributed by atoms with Crippen molar-refractivity contribution in [2.75, 3.05) is 6.16 Å². The van der Waals surface area contributed by atoms with E-state index >= 15 is 0 Å². The molecular formula is C6H11O2P. The van der Waals surface area contributed by atoms with E-state index in [1.54, 1.807) is 0 Å². The lowest BCUT2D eigenvalue weighted by Gasteiger charge is -1.84. The van der Waals surface area contributed by atoms with Gasteiger partial charge < -0.3 is 5.11 Å². The molecule has 0 fully saturated rings. The van der Waals surface area contributed by atoms with Crippen LogP contribution in [-0.2, 0) is 4.79 Å². The fourth-order valence-corrected chi connectivity index (χ4v) is 1.18. The Morgan fingerprint density at radius 1 is 1.78 bits per heavy atom. The number of aliphatic carboxylic acids is 1. The summed E-state index contributed by atoms with van der Waals surface area (Å²) in [5.74, 6) is 0.475. The highest BCUT2D eigenvalue weighted by Gasteiger charge is 1.83.